The maximum atomic E-state index is 11.0. The number of hydrogen-bond acceptors (Lipinski definition) is 5. The molecular weight excluding hydrogens is 304 g/mol. The van der Waals surface area contributed by atoms with Crippen LogP contribution in [0.2, 0.25) is 0 Å². The minimum Gasteiger partial charge on any atom is -0.478 e. The fourth-order valence-electron chi connectivity index (χ4n) is 1.70. The summed E-state index contributed by atoms with van der Waals surface area (Å²) in [4.78, 5) is 32.7. The van der Waals surface area contributed by atoms with Crippen LogP contribution in [0.4, 0.5) is 11.4 Å². The summed E-state index contributed by atoms with van der Waals surface area (Å²) >= 11 is 0. The van der Waals surface area contributed by atoms with E-state index < -0.39 is 17.9 Å². The molecule has 23 heavy (non-hydrogen) atoms. The van der Waals surface area contributed by atoms with Gasteiger partial charge in [0.25, 0.3) is 0 Å². The number of carboxylic acids is 3. The third-order valence-corrected chi connectivity index (χ3v) is 2.81. The molecule has 8 heteroatoms. The highest BCUT2D eigenvalue weighted by Gasteiger charge is 2.11. The lowest BCUT2D eigenvalue weighted by molar-refractivity contribution is 0.0682. The summed E-state index contributed by atoms with van der Waals surface area (Å²) in [6.45, 7) is 0. The van der Waals surface area contributed by atoms with Crippen LogP contribution in [0.3, 0.4) is 0 Å². The molecule has 0 bridgehead atoms. The highest BCUT2D eigenvalue weighted by Crippen LogP contribution is 2.22. The van der Waals surface area contributed by atoms with E-state index >= 15 is 0 Å². The molecule has 0 atom stereocenters. The van der Waals surface area contributed by atoms with Crippen molar-refractivity contribution >= 4 is 29.3 Å². The Morgan fingerprint density at radius 1 is 0.609 bits per heavy atom. The van der Waals surface area contributed by atoms with E-state index in [2.05, 4.69) is 10.2 Å². The Balaban J connectivity index is 2.32. The normalized spacial score (nSPS) is 10.6. The molecule has 0 saturated heterocycles. The van der Waals surface area contributed by atoms with Gasteiger partial charge in [0.1, 0.15) is 0 Å². The molecule has 8 nitrogen and oxygen atoms in total. The Morgan fingerprint density at radius 3 is 1.48 bits per heavy atom. The van der Waals surface area contributed by atoms with Gasteiger partial charge < -0.3 is 15.3 Å². The number of rotatable bonds is 5. The fourth-order valence-corrected chi connectivity index (χ4v) is 1.70. The van der Waals surface area contributed by atoms with Crippen LogP contribution in [0.1, 0.15) is 31.1 Å². The van der Waals surface area contributed by atoms with Gasteiger partial charge >= 0.3 is 17.9 Å². The first-order valence-corrected chi connectivity index (χ1v) is 6.23. The van der Waals surface area contributed by atoms with Crippen LogP contribution in [0.15, 0.2) is 52.7 Å². The lowest BCUT2D eigenvalue weighted by atomic mass is 10.1. The summed E-state index contributed by atoms with van der Waals surface area (Å²) in [6, 6.07) is 8.91. The molecule has 0 unspecified atom stereocenters. The van der Waals surface area contributed by atoms with Crippen molar-refractivity contribution in [2.24, 2.45) is 10.2 Å². The molecule has 2 aromatic carbocycles. The molecule has 0 fully saturated rings. The van der Waals surface area contributed by atoms with Crippen molar-refractivity contribution in [3.63, 3.8) is 0 Å². The van der Waals surface area contributed by atoms with Gasteiger partial charge in [-0.25, -0.2) is 14.4 Å². The van der Waals surface area contributed by atoms with Gasteiger partial charge in [-0.05, 0) is 42.5 Å². The first kappa shape index (κ1) is 15.8. The van der Waals surface area contributed by atoms with Crippen molar-refractivity contribution in [2.45, 2.75) is 0 Å². The Morgan fingerprint density at radius 2 is 1.04 bits per heavy atom. The number of aromatic carboxylic acids is 3. The van der Waals surface area contributed by atoms with Crippen LogP contribution in [-0.2, 0) is 0 Å². The van der Waals surface area contributed by atoms with Crippen molar-refractivity contribution in [1.29, 1.82) is 0 Å². The maximum Gasteiger partial charge on any atom is 0.335 e. The maximum absolute atomic E-state index is 11.0. The molecule has 0 aromatic heterocycles. The standard InChI is InChI=1S/C15H10N2O6/c18-13(19)8-1-3-11(4-2-8)16-17-12-6-9(14(20)21)5-10(7-12)15(22)23/h1-7H,(H,18,19)(H,20,21)(H,22,23). The predicted octanol–water partition coefficient (Wildman–Crippen LogP) is 3.20. The Bertz CT molecular complexity index is 779. The zero-order valence-electron chi connectivity index (χ0n) is 11.5. The third-order valence-electron chi connectivity index (χ3n) is 2.81. The molecule has 0 aliphatic carbocycles. The first-order valence-electron chi connectivity index (χ1n) is 6.23. The van der Waals surface area contributed by atoms with Gasteiger partial charge in [0.15, 0.2) is 0 Å². The molecule has 2 aromatic rings. The minimum absolute atomic E-state index is 0.0598. The molecule has 0 heterocycles. The number of benzene rings is 2. The average Bonchev–Trinajstić information content (AvgIpc) is 2.52. The molecule has 0 radical (unpaired) electrons. The van der Waals surface area contributed by atoms with Crippen molar-refractivity contribution < 1.29 is 29.7 Å². The average molecular weight is 314 g/mol. The Kier molecular flexibility index (Phi) is 4.46. The summed E-state index contributed by atoms with van der Waals surface area (Å²) < 4.78 is 0. The van der Waals surface area contributed by atoms with E-state index in [0.29, 0.717) is 5.69 Å². The lowest BCUT2D eigenvalue weighted by Gasteiger charge is -2.00. The van der Waals surface area contributed by atoms with Crippen molar-refractivity contribution in [2.75, 3.05) is 0 Å². The quantitative estimate of drug-likeness (QED) is 0.725. The van der Waals surface area contributed by atoms with E-state index in [1.165, 1.54) is 36.4 Å². The van der Waals surface area contributed by atoms with Gasteiger partial charge in [0, 0.05) is 0 Å². The minimum atomic E-state index is -1.28. The second-order valence-electron chi connectivity index (χ2n) is 4.43. The Hall–Kier alpha value is -3.55. The molecular formula is C15H10N2O6. The highest BCUT2D eigenvalue weighted by molar-refractivity contribution is 5.95. The predicted molar refractivity (Wildman–Crippen MR) is 77.9 cm³/mol. The first-order chi connectivity index (χ1) is 10.9. The smallest absolute Gasteiger partial charge is 0.335 e. The van der Waals surface area contributed by atoms with E-state index in [1.807, 2.05) is 0 Å². The lowest BCUT2D eigenvalue weighted by Crippen LogP contribution is -2.01. The number of carboxylic acid groups (broad SMARTS) is 3. The fraction of sp³-hybridized carbons (Fsp3) is 0. The molecule has 0 spiro atoms. The van der Waals surface area contributed by atoms with Crippen LogP contribution in [0.5, 0.6) is 0 Å². The highest BCUT2D eigenvalue weighted by atomic mass is 16.4. The SMILES string of the molecule is O=C(O)c1ccc(N=Nc2cc(C(=O)O)cc(C(=O)O)c2)cc1. The summed E-state index contributed by atoms with van der Waals surface area (Å²) in [5.41, 5.74) is 0.0438. The number of azo groups is 1. The van der Waals surface area contributed by atoms with Crippen molar-refractivity contribution in [1.82, 2.24) is 0 Å². The number of nitrogens with zero attached hydrogens (tertiary/aromatic N) is 2. The molecule has 0 aliphatic heterocycles. The van der Waals surface area contributed by atoms with Gasteiger partial charge in [-0.1, -0.05) is 0 Å². The van der Waals surface area contributed by atoms with Crippen molar-refractivity contribution in [3.8, 4) is 0 Å². The molecule has 116 valence electrons. The van der Waals surface area contributed by atoms with Gasteiger partial charge in [0.2, 0.25) is 0 Å². The van der Waals surface area contributed by atoms with Crippen LogP contribution >= 0.6 is 0 Å². The van der Waals surface area contributed by atoms with E-state index in [4.69, 9.17) is 15.3 Å². The summed E-state index contributed by atoms with van der Waals surface area (Å²) in [6.07, 6.45) is 0. The van der Waals surface area contributed by atoms with Gasteiger partial charge in [-0.15, -0.1) is 0 Å². The second kappa shape index (κ2) is 6.48. The molecule has 0 saturated carbocycles. The molecule has 0 aliphatic rings. The molecule has 3 N–H and O–H groups in total. The summed E-state index contributed by atoms with van der Waals surface area (Å²) in [7, 11) is 0. The van der Waals surface area contributed by atoms with Crippen LogP contribution in [0.25, 0.3) is 0 Å². The van der Waals surface area contributed by atoms with E-state index in [1.54, 1.807) is 0 Å². The number of hydrogen-bond donors (Lipinski definition) is 3. The molecule has 2 rings (SSSR count). The van der Waals surface area contributed by atoms with Gasteiger partial charge in [-0.3, -0.25) is 0 Å². The van der Waals surface area contributed by atoms with Crippen molar-refractivity contribution in [3.05, 3.63) is 59.2 Å². The van der Waals surface area contributed by atoms with E-state index in [9.17, 15) is 14.4 Å². The largest absolute Gasteiger partial charge is 0.478 e. The molecule has 0 amide bonds. The second-order valence-corrected chi connectivity index (χ2v) is 4.43. The van der Waals surface area contributed by atoms with Crippen LogP contribution in [-0.4, -0.2) is 33.2 Å². The van der Waals surface area contributed by atoms with Crippen LogP contribution < -0.4 is 0 Å². The monoisotopic (exact) mass is 314 g/mol. The topological polar surface area (TPSA) is 137 Å². The summed E-state index contributed by atoms with van der Waals surface area (Å²) in [5.74, 6) is -3.64. The van der Waals surface area contributed by atoms with Gasteiger partial charge in [-0.2, -0.15) is 10.2 Å². The third kappa shape index (κ3) is 3.97. The zero-order valence-corrected chi connectivity index (χ0v) is 11.5. The zero-order chi connectivity index (χ0) is 17.0. The summed E-state index contributed by atoms with van der Waals surface area (Å²) in [5, 5.41) is 34.3. The van der Waals surface area contributed by atoms with Crippen LogP contribution in [0, 0.1) is 0 Å². The van der Waals surface area contributed by atoms with Gasteiger partial charge in [0.05, 0.1) is 28.1 Å². The van der Waals surface area contributed by atoms with E-state index in [0.717, 1.165) is 6.07 Å². The van der Waals surface area contributed by atoms with E-state index in [-0.39, 0.29) is 22.4 Å². The number of carbonyl (C=O) groups is 3. The Labute approximate surface area is 129 Å².